The maximum absolute atomic E-state index is 11.9. The number of Topliss-reactive ketones (excluding diaryl/α,β-unsaturated/α-hetero) is 1. The molecule has 0 aromatic heterocycles. The van der Waals surface area contributed by atoms with Crippen molar-refractivity contribution in [3.63, 3.8) is 0 Å². The fraction of sp³-hybridized carbons (Fsp3) is 0.533. The second kappa shape index (κ2) is 7.21. The predicted octanol–water partition coefficient (Wildman–Crippen LogP) is 4.40. The highest BCUT2D eigenvalue weighted by Gasteiger charge is 2.05. The zero-order valence-corrected chi connectivity index (χ0v) is 10.5. The van der Waals surface area contributed by atoms with Gasteiger partial charge >= 0.3 is 0 Å². The number of rotatable bonds is 7. The number of hydrogen-bond donors (Lipinski definition) is 0. The molecule has 0 fully saturated rings. The quantitative estimate of drug-likeness (QED) is 0.489. The van der Waals surface area contributed by atoms with E-state index in [0.29, 0.717) is 12.2 Å². The molecule has 88 valence electrons. The minimum Gasteiger partial charge on any atom is -0.294 e. The van der Waals surface area contributed by atoms with Gasteiger partial charge in [-0.05, 0) is 24.5 Å². The van der Waals surface area contributed by atoms with Gasteiger partial charge in [0.15, 0.2) is 5.78 Å². The number of hydrogen-bond acceptors (Lipinski definition) is 1. The molecule has 0 aliphatic rings. The van der Waals surface area contributed by atoms with Crippen molar-refractivity contribution in [2.75, 3.05) is 0 Å². The Morgan fingerprint density at radius 3 is 2.62 bits per heavy atom. The van der Waals surface area contributed by atoms with E-state index in [4.69, 9.17) is 0 Å². The van der Waals surface area contributed by atoms with E-state index in [-0.39, 0.29) is 0 Å². The van der Waals surface area contributed by atoms with Crippen LogP contribution >= 0.6 is 0 Å². The molecular formula is C15H22O. The topological polar surface area (TPSA) is 17.1 Å². The van der Waals surface area contributed by atoms with E-state index in [1.54, 1.807) is 0 Å². The molecule has 0 unspecified atom stereocenters. The summed E-state index contributed by atoms with van der Waals surface area (Å²) in [6.07, 6.45) is 6.24. The van der Waals surface area contributed by atoms with E-state index in [9.17, 15) is 4.79 Å². The second-order valence-corrected chi connectivity index (χ2v) is 4.33. The Labute approximate surface area is 98.9 Å². The molecule has 16 heavy (non-hydrogen) atoms. The summed E-state index contributed by atoms with van der Waals surface area (Å²) < 4.78 is 0. The number of carbonyl (C=O) groups excluding carboxylic acids is 1. The van der Waals surface area contributed by atoms with Crippen LogP contribution in [0.4, 0.5) is 0 Å². The molecule has 0 saturated heterocycles. The average Bonchev–Trinajstić information content (AvgIpc) is 2.30. The monoisotopic (exact) mass is 218 g/mol. The van der Waals surface area contributed by atoms with E-state index in [0.717, 1.165) is 31.2 Å². The molecule has 0 radical (unpaired) electrons. The fourth-order valence-corrected chi connectivity index (χ4v) is 1.87. The van der Waals surface area contributed by atoms with E-state index in [1.165, 1.54) is 12.0 Å². The summed E-state index contributed by atoms with van der Waals surface area (Å²) in [7, 11) is 0. The highest BCUT2D eigenvalue weighted by atomic mass is 16.1. The van der Waals surface area contributed by atoms with E-state index < -0.39 is 0 Å². The maximum atomic E-state index is 11.9. The summed E-state index contributed by atoms with van der Waals surface area (Å²) in [5.74, 6) is 0.298. The molecule has 0 atom stereocenters. The van der Waals surface area contributed by atoms with E-state index in [1.807, 2.05) is 12.1 Å². The molecule has 0 N–H and O–H groups in total. The van der Waals surface area contributed by atoms with E-state index in [2.05, 4.69) is 26.0 Å². The van der Waals surface area contributed by atoms with Gasteiger partial charge in [0.2, 0.25) is 0 Å². The van der Waals surface area contributed by atoms with E-state index >= 15 is 0 Å². The third-order valence-electron chi connectivity index (χ3n) is 2.80. The highest BCUT2D eigenvalue weighted by Crippen LogP contribution is 2.11. The van der Waals surface area contributed by atoms with Gasteiger partial charge in [-0.15, -0.1) is 0 Å². The van der Waals surface area contributed by atoms with Crippen LogP contribution in [0.15, 0.2) is 24.3 Å². The van der Waals surface area contributed by atoms with Gasteiger partial charge in [0.25, 0.3) is 0 Å². The number of ketones is 1. The molecule has 1 nitrogen and oxygen atoms in total. The lowest BCUT2D eigenvalue weighted by molar-refractivity contribution is 0.0979. The Morgan fingerprint density at radius 1 is 1.12 bits per heavy atom. The van der Waals surface area contributed by atoms with Crippen molar-refractivity contribution in [1.29, 1.82) is 0 Å². The molecule has 0 heterocycles. The Balaban J connectivity index is 2.57. The normalized spacial score (nSPS) is 10.4. The third kappa shape index (κ3) is 4.18. The minimum absolute atomic E-state index is 0.298. The van der Waals surface area contributed by atoms with Crippen LogP contribution in [-0.4, -0.2) is 5.78 Å². The first-order chi connectivity index (χ1) is 7.77. The van der Waals surface area contributed by atoms with Crippen molar-refractivity contribution in [2.24, 2.45) is 0 Å². The van der Waals surface area contributed by atoms with Gasteiger partial charge in [-0.3, -0.25) is 4.79 Å². The summed E-state index contributed by atoms with van der Waals surface area (Å²) in [5, 5.41) is 0. The van der Waals surface area contributed by atoms with Crippen LogP contribution in [0, 0.1) is 0 Å². The van der Waals surface area contributed by atoms with Gasteiger partial charge in [0.1, 0.15) is 0 Å². The van der Waals surface area contributed by atoms with Crippen molar-refractivity contribution >= 4 is 5.78 Å². The van der Waals surface area contributed by atoms with Gasteiger partial charge in [0.05, 0.1) is 0 Å². The number of unbranched alkanes of at least 4 members (excludes halogenated alkanes) is 2. The first-order valence-electron chi connectivity index (χ1n) is 6.40. The zero-order valence-electron chi connectivity index (χ0n) is 10.5. The van der Waals surface area contributed by atoms with Crippen LogP contribution in [0.2, 0.25) is 0 Å². The van der Waals surface area contributed by atoms with Crippen molar-refractivity contribution in [3.05, 3.63) is 35.4 Å². The summed E-state index contributed by atoms with van der Waals surface area (Å²) in [4.78, 5) is 11.9. The first-order valence-corrected chi connectivity index (χ1v) is 6.40. The van der Waals surface area contributed by atoms with Crippen molar-refractivity contribution < 1.29 is 4.79 Å². The summed E-state index contributed by atoms with van der Waals surface area (Å²) in [5.41, 5.74) is 2.17. The molecule has 1 rings (SSSR count). The van der Waals surface area contributed by atoms with Crippen molar-refractivity contribution in [1.82, 2.24) is 0 Å². The summed E-state index contributed by atoms with van der Waals surface area (Å²) >= 11 is 0. The molecule has 1 aromatic carbocycles. The van der Waals surface area contributed by atoms with Crippen LogP contribution in [0.1, 0.15) is 61.9 Å². The van der Waals surface area contributed by atoms with Crippen LogP contribution in [0.5, 0.6) is 0 Å². The fourth-order valence-electron chi connectivity index (χ4n) is 1.87. The lowest BCUT2D eigenvalue weighted by atomic mass is 10.0. The smallest absolute Gasteiger partial charge is 0.162 e. The van der Waals surface area contributed by atoms with Gasteiger partial charge in [-0.1, -0.05) is 51.3 Å². The number of benzene rings is 1. The van der Waals surface area contributed by atoms with Crippen molar-refractivity contribution in [3.8, 4) is 0 Å². The van der Waals surface area contributed by atoms with Crippen LogP contribution in [-0.2, 0) is 6.42 Å². The largest absolute Gasteiger partial charge is 0.294 e. The first kappa shape index (κ1) is 13.0. The Bertz CT molecular complexity index is 328. The average molecular weight is 218 g/mol. The van der Waals surface area contributed by atoms with Gasteiger partial charge < -0.3 is 0 Å². The predicted molar refractivity (Wildman–Crippen MR) is 68.9 cm³/mol. The number of carbonyl (C=O) groups is 1. The van der Waals surface area contributed by atoms with Gasteiger partial charge in [0, 0.05) is 12.0 Å². The molecule has 0 bridgehead atoms. The molecular weight excluding hydrogens is 196 g/mol. The molecule has 0 amide bonds. The highest BCUT2D eigenvalue weighted by molar-refractivity contribution is 5.96. The molecule has 0 spiro atoms. The van der Waals surface area contributed by atoms with Gasteiger partial charge in [-0.25, -0.2) is 0 Å². The molecule has 0 aliphatic carbocycles. The lowest BCUT2D eigenvalue weighted by Crippen LogP contribution is -1.99. The van der Waals surface area contributed by atoms with Crippen LogP contribution in [0.3, 0.4) is 0 Å². The second-order valence-electron chi connectivity index (χ2n) is 4.33. The van der Waals surface area contributed by atoms with Gasteiger partial charge in [-0.2, -0.15) is 0 Å². The number of aryl methyl sites for hydroxylation is 1. The van der Waals surface area contributed by atoms with Crippen LogP contribution in [0.25, 0.3) is 0 Å². The third-order valence-corrected chi connectivity index (χ3v) is 2.80. The Kier molecular flexibility index (Phi) is 5.84. The lowest BCUT2D eigenvalue weighted by Gasteiger charge is -2.03. The Hall–Kier alpha value is -1.11. The zero-order chi connectivity index (χ0) is 11.8. The molecule has 1 heteroatoms. The molecule has 0 saturated carbocycles. The molecule has 0 aliphatic heterocycles. The standard InChI is InChI=1S/C15H22O/c1-3-5-6-11-15(16)14-10-7-9-13(12-14)8-4-2/h7,9-10,12H,3-6,8,11H2,1-2H3. The van der Waals surface area contributed by atoms with Crippen molar-refractivity contribution in [2.45, 2.75) is 52.4 Å². The van der Waals surface area contributed by atoms with Crippen LogP contribution < -0.4 is 0 Å². The SMILES string of the molecule is CCCCCC(=O)c1cccc(CCC)c1. The molecule has 1 aromatic rings. The Morgan fingerprint density at radius 2 is 1.94 bits per heavy atom. The summed E-state index contributed by atoms with van der Waals surface area (Å²) in [6, 6.07) is 8.09. The maximum Gasteiger partial charge on any atom is 0.162 e. The minimum atomic E-state index is 0.298. The summed E-state index contributed by atoms with van der Waals surface area (Å²) in [6.45, 7) is 4.32.